The van der Waals surface area contributed by atoms with E-state index in [4.69, 9.17) is 4.74 Å². The maximum absolute atomic E-state index is 9.83. The van der Waals surface area contributed by atoms with Gasteiger partial charge in [-0.15, -0.1) is 0 Å². The molecule has 3 rings (SSSR count). The van der Waals surface area contributed by atoms with Gasteiger partial charge in [-0.3, -0.25) is 0 Å². The van der Waals surface area contributed by atoms with Crippen LogP contribution in [0.3, 0.4) is 0 Å². The third-order valence-electron chi connectivity index (χ3n) is 4.57. The summed E-state index contributed by atoms with van der Waals surface area (Å²) in [6, 6.07) is 8.21. The van der Waals surface area contributed by atoms with Crippen molar-refractivity contribution in [1.29, 1.82) is 0 Å². The van der Waals surface area contributed by atoms with Gasteiger partial charge in [0.1, 0.15) is 11.9 Å². The van der Waals surface area contributed by atoms with Gasteiger partial charge in [0.25, 0.3) is 0 Å². The van der Waals surface area contributed by atoms with Gasteiger partial charge in [-0.1, -0.05) is 12.1 Å². The minimum absolute atomic E-state index is 0.0334. The molecule has 0 spiro atoms. The molecule has 116 valence electrons. The van der Waals surface area contributed by atoms with E-state index in [2.05, 4.69) is 5.32 Å². The molecule has 2 fully saturated rings. The number of hydrogen-bond donors (Lipinski definition) is 3. The lowest BCUT2D eigenvalue weighted by Gasteiger charge is -2.40. The van der Waals surface area contributed by atoms with Crippen LogP contribution in [0.4, 0.5) is 0 Å². The standard InChI is InChI=1S/C17H25NO3/c19-11-13-3-1-4-15(9-13)21-16-5-2-8-17(10-16,12-20)18-14-6-7-14/h1,3-4,9,14,16,18-20H,2,5-8,10-12H2. The molecule has 1 aromatic rings. The van der Waals surface area contributed by atoms with Crippen molar-refractivity contribution in [3.63, 3.8) is 0 Å². The van der Waals surface area contributed by atoms with Crippen molar-refractivity contribution in [2.45, 2.75) is 62.8 Å². The van der Waals surface area contributed by atoms with Crippen LogP contribution in [0.25, 0.3) is 0 Å². The van der Waals surface area contributed by atoms with E-state index in [1.807, 2.05) is 24.3 Å². The van der Waals surface area contributed by atoms with Gasteiger partial charge in [-0.2, -0.15) is 0 Å². The van der Waals surface area contributed by atoms with Crippen LogP contribution in [-0.2, 0) is 6.61 Å². The summed E-state index contributed by atoms with van der Waals surface area (Å²) in [7, 11) is 0. The molecule has 0 heterocycles. The SMILES string of the molecule is OCc1cccc(OC2CCCC(CO)(NC3CC3)C2)c1. The molecule has 0 radical (unpaired) electrons. The predicted octanol–water partition coefficient (Wildman–Crippen LogP) is 1.98. The topological polar surface area (TPSA) is 61.7 Å². The molecule has 2 saturated carbocycles. The molecule has 0 saturated heterocycles. The largest absolute Gasteiger partial charge is 0.490 e. The molecule has 2 atom stereocenters. The van der Waals surface area contributed by atoms with Crippen LogP contribution in [0.15, 0.2) is 24.3 Å². The van der Waals surface area contributed by atoms with E-state index in [9.17, 15) is 10.2 Å². The van der Waals surface area contributed by atoms with Crippen molar-refractivity contribution >= 4 is 0 Å². The van der Waals surface area contributed by atoms with E-state index in [1.165, 1.54) is 12.8 Å². The minimum atomic E-state index is -0.168. The van der Waals surface area contributed by atoms with Gasteiger partial charge in [-0.05, 0) is 49.8 Å². The number of aliphatic hydroxyl groups excluding tert-OH is 2. The Bertz CT molecular complexity index is 475. The highest BCUT2D eigenvalue weighted by Crippen LogP contribution is 2.34. The van der Waals surface area contributed by atoms with E-state index in [1.54, 1.807) is 0 Å². The van der Waals surface area contributed by atoms with E-state index < -0.39 is 0 Å². The average molecular weight is 291 g/mol. The summed E-state index contributed by atoms with van der Waals surface area (Å²) in [6.45, 7) is 0.214. The Morgan fingerprint density at radius 2 is 2.10 bits per heavy atom. The second kappa shape index (κ2) is 6.34. The summed E-state index contributed by atoms with van der Waals surface area (Å²) >= 11 is 0. The zero-order valence-electron chi connectivity index (χ0n) is 12.4. The van der Waals surface area contributed by atoms with Gasteiger partial charge in [0, 0.05) is 18.0 Å². The summed E-state index contributed by atoms with van der Waals surface area (Å²) in [5.41, 5.74) is 0.700. The molecule has 2 aliphatic rings. The lowest BCUT2D eigenvalue weighted by molar-refractivity contribution is 0.0496. The Labute approximate surface area is 126 Å². The first-order chi connectivity index (χ1) is 10.2. The van der Waals surface area contributed by atoms with Crippen LogP contribution in [-0.4, -0.2) is 34.5 Å². The monoisotopic (exact) mass is 291 g/mol. The van der Waals surface area contributed by atoms with Gasteiger partial charge in [-0.25, -0.2) is 0 Å². The Kier molecular flexibility index (Phi) is 4.48. The Hall–Kier alpha value is -1.10. The van der Waals surface area contributed by atoms with E-state index in [0.717, 1.165) is 37.0 Å². The fourth-order valence-corrected chi connectivity index (χ4v) is 3.30. The Balaban J connectivity index is 1.64. The molecule has 2 aliphatic carbocycles. The fraction of sp³-hybridized carbons (Fsp3) is 0.647. The van der Waals surface area contributed by atoms with Crippen molar-refractivity contribution in [2.24, 2.45) is 0 Å². The lowest BCUT2D eigenvalue weighted by atomic mass is 9.80. The first-order valence-corrected chi connectivity index (χ1v) is 7.98. The van der Waals surface area contributed by atoms with Crippen LogP contribution in [0.5, 0.6) is 5.75 Å². The molecule has 0 aliphatic heterocycles. The van der Waals surface area contributed by atoms with Crippen LogP contribution in [0.2, 0.25) is 0 Å². The van der Waals surface area contributed by atoms with Crippen molar-refractivity contribution < 1.29 is 14.9 Å². The van der Waals surface area contributed by atoms with Crippen LogP contribution in [0.1, 0.15) is 44.1 Å². The van der Waals surface area contributed by atoms with Gasteiger partial charge < -0.3 is 20.3 Å². The molecule has 21 heavy (non-hydrogen) atoms. The van der Waals surface area contributed by atoms with E-state index in [-0.39, 0.29) is 24.9 Å². The van der Waals surface area contributed by atoms with Gasteiger partial charge in [0.15, 0.2) is 0 Å². The molecular formula is C17H25NO3. The summed E-state index contributed by atoms with van der Waals surface area (Å²) in [4.78, 5) is 0. The molecule has 0 aromatic heterocycles. The Morgan fingerprint density at radius 3 is 2.81 bits per heavy atom. The molecular weight excluding hydrogens is 266 g/mol. The highest BCUT2D eigenvalue weighted by molar-refractivity contribution is 5.28. The van der Waals surface area contributed by atoms with Crippen molar-refractivity contribution in [3.05, 3.63) is 29.8 Å². The zero-order chi connectivity index (χ0) is 14.7. The van der Waals surface area contributed by atoms with E-state index in [0.29, 0.717) is 6.04 Å². The molecule has 3 N–H and O–H groups in total. The summed E-state index contributed by atoms with van der Waals surface area (Å²) < 4.78 is 6.09. The normalized spacial score (nSPS) is 29.3. The van der Waals surface area contributed by atoms with E-state index >= 15 is 0 Å². The number of rotatable bonds is 6. The first kappa shape index (κ1) is 14.8. The first-order valence-electron chi connectivity index (χ1n) is 7.98. The van der Waals surface area contributed by atoms with Crippen molar-refractivity contribution in [1.82, 2.24) is 5.32 Å². The maximum atomic E-state index is 9.83. The van der Waals surface area contributed by atoms with Crippen molar-refractivity contribution in [2.75, 3.05) is 6.61 Å². The van der Waals surface area contributed by atoms with Gasteiger partial charge >= 0.3 is 0 Å². The summed E-state index contributed by atoms with van der Waals surface area (Å²) in [5, 5.41) is 22.7. The lowest BCUT2D eigenvalue weighted by Crippen LogP contribution is -2.54. The van der Waals surface area contributed by atoms with Crippen molar-refractivity contribution in [3.8, 4) is 5.75 Å². The number of benzene rings is 1. The smallest absolute Gasteiger partial charge is 0.120 e. The number of aliphatic hydroxyl groups is 2. The molecule has 4 nitrogen and oxygen atoms in total. The third kappa shape index (κ3) is 3.76. The second-order valence-electron chi connectivity index (χ2n) is 6.50. The third-order valence-corrected chi connectivity index (χ3v) is 4.57. The number of ether oxygens (including phenoxy) is 1. The molecule has 4 heteroatoms. The highest BCUT2D eigenvalue weighted by Gasteiger charge is 2.40. The van der Waals surface area contributed by atoms with Gasteiger partial charge in [0.2, 0.25) is 0 Å². The molecule has 0 amide bonds. The predicted molar refractivity (Wildman–Crippen MR) is 81.2 cm³/mol. The number of nitrogens with one attached hydrogen (secondary N) is 1. The van der Waals surface area contributed by atoms with Crippen LogP contribution in [0, 0.1) is 0 Å². The molecule has 1 aromatic carbocycles. The maximum Gasteiger partial charge on any atom is 0.120 e. The van der Waals surface area contributed by atoms with Crippen LogP contribution >= 0.6 is 0 Å². The number of hydrogen-bond acceptors (Lipinski definition) is 4. The quantitative estimate of drug-likeness (QED) is 0.750. The molecule has 0 bridgehead atoms. The summed E-state index contributed by atoms with van der Waals surface area (Å²) in [6.07, 6.45) is 6.56. The highest BCUT2D eigenvalue weighted by atomic mass is 16.5. The zero-order valence-corrected chi connectivity index (χ0v) is 12.4. The van der Waals surface area contributed by atoms with Crippen LogP contribution < -0.4 is 10.1 Å². The second-order valence-corrected chi connectivity index (χ2v) is 6.50. The summed E-state index contributed by atoms with van der Waals surface area (Å²) in [5.74, 6) is 0.812. The Morgan fingerprint density at radius 1 is 1.24 bits per heavy atom. The average Bonchev–Trinajstić information content (AvgIpc) is 3.31. The van der Waals surface area contributed by atoms with Gasteiger partial charge in [0.05, 0.1) is 13.2 Å². The molecule has 2 unspecified atom stereocenters. The fourth-order valence-electron chi connectivity index (χ4n) is 3.30. The minimum Gasteiger partial charge on any atom is -0.490 e.